The molecule has 0 amide bonds. The van der Waals surface area contributed by atoms with E-state index in [0.717, 1.165) is 5.75 Å². The molecule has 1 aliphatic rings. The lowest BCUT2D eigenvalue weighted by Crippen LogP contribution is -2.40. The van der Waals surface area contributed by atoms with Gasteiger partial charge in [-0.3, -0.25) is 0 Å². The van der Waals surface area contributed by atoms with Gasteiger partial charge >= 0.3 is 0 Å². The number of nitrogens with two attached hydrogens (primary N) is 1. The van der Waals surface area contributed by atoms with Crippen molar-refractivity contribution < 1.29 is 5.11 Å². The third-order valence-corrected chi connectivity index (χ3v) is 5.57. The molecule has 0 aliphatic carbocycles. The SMILES string of the molecule is CC(C)(N)C1SCC(CO)S1. The first kappa shape index (κ1) is 9.71. The smallest absolute Gasteiger partial charge is 0.0680 e. The van der Waals surface area contributed by atoms with Gasteiger partial charge in [0.15, 0.2) is 0 Å². The van der Waals surface area contributed by atoms with Crippen LogP contribution in [0.4, 0.5) is 0 Å². The first-order valence-electron chi connectivity index (χ1n) is 3.71. The summed E-state index contributed by atoms with van der Waals surface area (Å²) in [5.41, 5.74) is 5.81. The number of rotatable bonds is 2. The minimum Gasteiger partial charge on any atom is -0.395 e. The van der Waals surface area contributed by atoms with Crippen LogP contribution in [0.25, 0.3) is 0 Å². The van der Waals surface area contributed by atoms with Crippen LogP contribution in [-0.4, -0.2) is 32.8 Å². The van der Waals surface area contributed by atoms with Gasteiger partial charge in [0.1, 0.15) is 0 Å². The van der Waals surface area contributed by atoms with E-state index in [9.17, 15) is 0 Å². The van der Waals surface area contributed by atoms with Gasteiger partial charge in [-0.25, -0.2) is 0 Å². The van der Waals surface area contributed by atoms with E-state index in [4.69, 9.17) is 10.8 Å². The summed E-state index contributed by atoms with van der Waals surface area (Å²) in [4.78, 5) is 0. The van der Waals surface area contributed by atoms with Crippen molar-refractivity contribution in [2.45, 2.75) is 29.2 Å². The Morgan fingerprint density at radius 2 is 2.27 bits per heavy atom. The Morgan fingerprint density at radius 1 is 1.64 bits per heavy atom. The van der Waals surface area contributed by atoms with Gasteiger partial charge in [0.25, 0.3) is 0 Å². The number of thioether (sulfide) groups is 2. The normalized spacial score (nSPS) is 32.7. The summed E-state index contributed by atoms with van der Waals surface area (Å²) >= 11 is 3.67. The minimum atomic E-state index is -0.126. The number of hydrogen-bond acceptors (Lipinski definition) is 4. The Kier molecular flexibility index (Phi) is 3.14. The van der Waals surface area contributed by atoms with Crippen molar-refractivity contribution in [3.8, 4) is 0 Å². The lowest BCUT2D eigenvalue weighted by atomic mass is 10.1. The summed E-state index contributed by atoms with van der Waals surface area (Å²) in [6, 6.07) is 0. The fourth-order valence-corrected chi connectivity index (χ4v) is 4.22. The van der Waals surface area contributed by atoms with Crippen molar-refractivity contribution in [1.29, 1.82) is 0 Å². The average molecular weight is 193 g/mol. The molecule has 2 unspecified atom stereocenters. The number of hydrogen-bond donors (Lipinski definition) is 2. The van der Waals surface area contributed by atoms with E-state index in [1.807, 2.05) is 25.6 Å². The summed E-state index contributed by atoms with van der Waals surface area (Å²) < 4.78 is 0.444. The molecular weight excluding hydrogens is 178 g/mol. The molecule has 1 saturated heterocycles. The van der Waals surface area contributed by atoms with Crippen LogP contribution >= 0.6 is 23.5 Å². The monoisotopic (exact) mass is 193 g/mol. The maximum atomic E-state index is 8.87. The second-order valence-electron chi connectivity index (χ2n) is 3.43. The van der Waals surface area contributed by atoms with Crippen LogP contribution in [0.15, 0.2) is 0 Å². The fraction of sp³-hybridized carbons (Fsp3) is 1.00. The molecule has 1 aliphatic heterocycles. The standard InChI is InChI=1S/C7H15NOS2/c1-7(2,8)6-10-4-5(3-9)11-6/h5-6,9H,3-4,8H2,1-2H3. The first-order valence-corrected chi connectivity index (χ1v) is 5.70. The summed E-state index contributed by atoms with van der Waals surface area (Å²) in [7, 11) is 0. The predicted octanol–water partition coefficient (Wildman–Crippen LogP) is 0.891. The van der Waals surface area contributed by atoms with E-state index in [-0.39, 0.29) is 12.1 Å². The number of aliphatic hydroxyl groups excluding tert-OH is 1. The van der Waals surface area contributed by atoms with Crippen molar-refractivity contribution >= 4 is 23.5 Å². The molecule has 3 N–H and O–H groups in total. The molecule has 0 aromatic carbocycles. The van der Waals surface area contributed by atoms with Crippen molar-refractivity contribution in [2.24, 2.45) is 5.73 Å². The Labute approximate surface area is 76.3 Å². The molecule has 0 bridgehead atoms. The average Bonchev–Trinajstić information content (AvgIpc) is 2.32. The molecule has 1 heterocycles. The number of aliphatic hydroxyl groups is 1. The van der Waals surface area contributed by atoms with Gasteiger partial charge in [-0.1, -0.05) is 0 Å². The molecule has 0 radical (unpaired) electrons. The molecule has 0 aromatic heterocycles. The van der Waals surface area contributed by atoms with E-state index < -0.39 is 0 Å². The van der Waals surface area contributed by atoms with Crippen molar-refractivity contribution in [3.05, 3.63) is 0 Å². The molecule has 1 rings (SSSR count). The molecule has 66 valence electrons. The molecule has 2 nitrogen and oxygen atoms in total. The lowest BCUT2D eigenvalue weighted by molar-refractivity contribution is 0.301. The molecule has 1 fully saturated rings. The highest BCUT2D eigenvalue weighted by atomic mass is 32.2. The second-order valence-corrected chi connectivity index (χ2v) is 6.27. The Hall–Kier alpha value is 0.620. The first-order chi connectivity index (χ1) is 5.04. The van der Waals surface area contributed by atoms with Gasteiger partial charge in [-0.2, -0.15) is 0 Å². The highest BCUT2D eigenvalue weighted by Gasteiger charge is 2.34. The molecule has 0 aromatic rings. The van der Waals surface area contributed by atoms with Gasteiger partial charge in [-0.05, 0) is 13.8 Å². The van der Waals surface area contributed by atoms with Crippen LogP contribution < -0.4 is 5.73 Å². The topological polar surface area (TPSA) is 46.2 Å². The maximum absolute atomic E-state index is 8.87. The second kappa shape index (κ2) is 3.56. The van der Waals surface area contributed by atoms with Crippen LogP contribution in [0, 0.1) is 0 Å². The zero-order chi connectivity index (χ0) is 8.48. The molecule has 4 heteroatoms. The maximum Gasteiger partial charge on any atom is 0.0680 e. The van der Waals surface area contributed by atoms with Gasteiger partial charge in [0.05, 0.1) is 11.2 Å². The van der Waals surface area contributed by atoms with Crippen LogP contribution in [0.2, 0.25) is 0 Å². The van der Waals surface area contributed by atoms with E-state index in [1.165, 1.54) is 0 Å². The van der Waals surface area contributed by atoms with Crippen LogP contribution in [0.3, 0.4) is 0 Å². The zero-order valence-electron chi connectivity index (χ0n) is 6.91. The summed E-state index contributed by atoms with van der Waals surface area (Å²) in [5.74, 6) is 1.03. The Bertz CT molecular complexity index is 135. The van der Waals surface area contributed by atoms with E-state index >= 15 is 0 Å². The highest BCUT2D eigenvalue weighted by molar-refractivity contribution is 8.20. The van der Waals surface area contributed by atoms with Crippen molar-refractivity contribution in [1.82, 2.24) is 0 Å². The Balaban J connectivity index is 2.42. The Morgan fingerprint density at radius 3 is 2.55 bits per heavy atom. The van der Waals surface area contributed by atoms with E-state index in [0.29, 0.717) is 9.83 Å². The quantitative estimate of drug-likeness (QED) is 0.684. The minimum absolute atomic E-state index is 0.126. The van der Waals surface area contributed by atoms with Gasteiger partial charge in [-0.15, -0.1) is 23.5 Å². The molecule has 0 saturated carbocycles. The third-order valence-electron chi connectivity index (χ3n) is 1.56. The molecular formula is C7H15NOS2. The van der Waals surface area contributed by atoms with Crippen LogP contribution in [0.5, 0.6) is 0 Å². The largest absolute Gasteiger partial charge is 0.395 e. The van der Waals surface area contributed by atoms with Gasteiger partial charge < -0.3 is 10.8 Å². The highest BCUT2D eigenvalue weighted by Crippen LogP contribution is 2.42. The van der Waals surface area contributed by atoms with E-state index in [2.05, 4.69) is 0 Å². The fourth-order valence-electron chi connectivity index (χ4n) is 0.934. The van der Waals surface area contributed by atoms with Crippen molar-refractivity contribution in [3.63, 3.8) is 0 Å². The summed E-state index contributed by atoms with van der Waals surface area (Å²) in [6.07, 6.45) is 0. The van der Waals surface area contributed by atoms with Crippen LogP contribution in [-0.2, 0) is 0 Å². The van der Waals surface area contributed by atoms with Gasteiger partial charge in [0.2, 0.25) is 0 Å². The zero-order valence-corrected chi connectivity index (χ0v) is 8.54. The van der Waals surface area contributed by atoms with E-state index in [1.54, 1.807) is 11.8 Å². The molecule has 11 heavy (non-hydrogen) atoms. The summed E-state index contributed by atoms with van der Waals surface area (Å²) in [6.45, 7) is 4.36. The lowest BCUT2D eigenvalue weighted by Gasteiger charge is -2.25. The van der Waals surface area contributed by atoms with Gasteiger partial charge in [0, 0.05) is 16.5 Å². The predicted molar refractivity (Wildman–Crippen MR) is 53.0 cm³/mol. The third kappa shape index (κ3) is 2.54. The van der Waals surface area contributed by atoms with Crippen LogP contribution in [0.1, 0.15) is 13.8 Å². The molecule has 2 atom stereocenters. The summed E-state index contributed by atoms with van der Waals surface area (Å²) in [5, 5.41) is 9.27. The molecule has 0 spiro atoms. The van der Waals surface area contributed by atoms with Crippen molar-refractivity contribution in [2.75, 3.05) is 12.4 Å².